The number of amides is 1. The average molecular weight is 552 g/mol. The molecule has 1 saturated heterocycles. The molecule has 1 heterocycles. The number of rotatable bonds is 16. The highest BCUT2D eigenvalue weighted by Crippen LogP contribution is 2.39. The smallest absolute Gasteiger partial charge is 0.258 e. The predicted octanol–water partition coefficient (Wildman–Crippen LogP) is 6.71. The van der Waals surface area contributed by atoms with Gasteiger partial charge in [-0.25, -0.2) is 5.01 Å². The fraction of sp³-hybridized carbons (Fsp3) is 0.545. The number of hydrazine groups is 1. The Bertz CT molecular complexity index is 1070. The number of nitrogens with one attached hydrogen (secondary N) is 1. The highest BCUT2D eigenvalue weighted by Gasteiger charge is 2.19. The molecule has 1 aliphatic rings. The van der Waals surface area contributed by atoms with Crippen molar-refractivity contribution in [2.45, 2.75) is 72.1 Å². The number of carbonyl (C=O) groups excluding carboxylic acids is 1. The molecule has 0 spiro atoms. The van der Waals surface area contributed by atoms with Gasteiger partial charge in [-0.3, -0.25) is 10.2 Å². The van der Waals surface area contributed by atoms with Gasteiger partial charge >= 0.3 is 0 Å². The Morgan fingerprint density at radius 2 is 1.50 bits per heavy atom. The van der Waals surface area contributed by atoms with E-state index in [9.17, 15) is 4.79 Å². The zero-order chi connectivity index (χ0) is 28.7. The van der Waals surface area contributed by atoms with E-state index in [1.54, 1.807) is 26.4 Å². The Balaban J connectivity index is 1.47. The summed E-state index contributed by atoms with van der Waals surface area (Å²) in [5, 5.41) is 1.98. The van der Waals surface area contributed by atoms with E-state index in [0.717, 1.165) is 44.6 Å². The van der Waals surface area contributed by atoms with Crippen LogP contribution in [0.4, 0.5) is 5.69 Å². The molecule has 0 aromatic heterocycles. The van der Waals surface area contributed by atoms with Crippen molar-refractivity contribution in [3.63, 3.8) is 0 Å². The largest absolute Gasteiger partial charge is 0.493 e. The molecule has 40 heavy (non-hydrogen) atoms. The van der Waals surface area contributed by atoms with Gasteiger partial charge in [-0.05, 0) is 55.7 Å². The molecule has 0 bridgehead atoms. The van der Waals surface area contributed by atoms with E-state index in [1.807, 2.05) is 17.1 Å². The van der Waals surface area contributed by atoms with Crippen molar-refractivity contribution in [3.8, 4) is 17.2 Å². The minimum atomic E-state index is -0.159. The summed E-state index contributed by atoms with van der Waals surface area (Å²) in [6.07, 6.45) is 13.3. The molecule has 1 fully saturated rings. The van der Waals surface area contributed by atoms with Crippen LogP contribution in [0.3, 0.4) is 0 Å². The summed E-state index contributed by atoms with van der Waals surface area (Å²) < 4.78 is 17.3. The van der Waals surface area contributed by atoms with Crippen LogP contribution in [0.1, 0.15) is 75.0 Å². The predicted molar refractivity (Wildman–Crippen MR) is 165 cm³/mol. The van der Waals surface area contributed by atoms with Crippen LogP contribution < -0.4 is 24.5 Å². The lowest BCUT2D eigenvalue weighted by atomic mass is 10.1. The third-order valence-corrected chi connectivity index (χ3v) is 7.40. The minimum Gasteiger partial charge on any atom is -0.493 e. The first-order valence-electron chi connectivity index (χ1n) is 14.9. The summed E-state index contributed by atoms with van der Waals surface area (Å²) in [5.74, 6) is 1.65. The van der Waals surface area contributed by atoms with E-state index in [4.69, 9.17) is 14.2 Å². The first kappa shape index (κ1) is 31.3. The number of hydrogen-bond donors (Lipinski definition) is 1. The van der Waals surface area contributed by atoms with Gasteiger partial charge in [0.25, 0.3) is 5.91 Å². The molecule has 220 valence electrons. The standard InChI is InChI=1S/C33H49N3O4/c1-6-7-8-9-10-11-12-13-22-40-33-30(38-4)24-28(25-31(33)39-5)15-17-32(37)34-36-20-18-35(19-21-36)29-16-14-26(2)23-27(29)3/h14-17,23-25H,6-13,18-22H2,1-5H3,(H,34,37)/b17-15+. The number of benzene rings is 2. The lowest BCUT2D eigenvalue weighted by molar-refractivity contribution is -0.121. The molecule has 1 amide bonds. The van der Waals surface area contributed by atoms with E-state index in [2.05, 4.69) is 49.3 Å². The second-order valence-electron chi connectivity index (χ2n) is 10.7. The van der Waals surface area contributed by atoms with E-state index >= 15 is 0 Å². The lowest BCUT2D eigenvalue weighted by Crippen LogP contribution is -2.53. The Kier molecular flexibility index (Phi) is 13.2. The molecular weight excluding hydrogens is 502 g/mol. The van der Waals surface area contributed by atoms with Crippen LogP contribution >= 0.6 is 0 Å². The van der Waals surface area contributed by atoms with E-state index in [-0.39, 0.29) is 5.91 Å². The molecule has 0 saturated carbocycles. The summed E-state index contributed by atoms with van der Waals surface area (Å²) in [5.41, 5.74) is 7.64. The maximum absolute atomic E-state index is 12.7. The number of carbonyl (C=O) groups is 1. The average Bonchev–Trinajstić information content (AvgIpc) is 2.95. The molecule has 0 atom stereocenters. The van der Waals surface area contributed by atoms with Gasteiger partial charge in [0, 0.05) is 37.9 Å². The molecule has 1 N–H and O–H groups in total. The summed E-state index contributed by atoms with van der Waals surface area (Å²) in [6, 6.07) is 10.3. The number of aryl methyl sites for hydroxylation is 2. The van der Waals surface area contributed by atoms with Crippen molar-refractivity contribution in [1.29, 1.82) is 0 Å². The van der Waals surface area contributed by atoms with Crippen LogP contribution in [0.15, 0.2) is 36.4 Å². The first-order valence-corrected chi connectivity index (χ1v) is 14.9. The lowest BCUT2D eigenvalue weighted by Gasteiger charge is -2.36. The summed E-state index contributed by atoms with van der Waals surface area (Å²) in [7, 11) is 3.24. The quantitative estimate of drug-likeness (QED) is 0.185. The van der Waals surface area contributed by atoms with Crippen LogP contribution in [-0.2, 0) is 4.79 Å². The van der Waals surface area contributed by atoms with Crippen molar-refractivity contribution in [2.24, 2.45) is 0 Å². The van der Waals surface area contributed by atoms with Crippen molar-refractivity contribution in [2.75, 3.05) is 51.9 Å². The Labute approximate surface area is 241 Å². The number of methoxy groups -OCH3 is 2. The fourth-order valence-electron chi connectivity index (χ4n) is 5.13. The Morgan fingerprint density at radius 3 is 2.10 bits per heavy atom. The Morgan fingerprint density at radius 1 is 0.875 bits per heavy atom. The second kappa shape index (κ2) is 16.8. The minimum absolute atomic E-state index is 0.159. The van der Waals surface area contributed by atoms with Gasteiger partial charge in [-0.15, -0.1) is 0 Å². The maximum atomic E-state index is 12.7. The molecular formula is C33H49N3O4. The van der Waals surface area contributed by atoms with Crippen LogP contribution in [0.5, 0.6) is 17.2 Å². The maximum Gasteiger partial charge on any atom is 0.258 e. The highest BCUT2D eigenvalue weighted by atomic mass is 16.5. The van der Waals surface area contributed by atoms with Crippen LogP contribution in [-0.4, -0.2) is 57.9 Å². The van der Waals surface area contributed by atoms with E-state index < -0.39 is 0 Å². The monoisotopic (exact) mass is 551 g/mol. The van der Waals surface area contributed by atoms with Gasteiger partial charge in [0.2, 0.25) is 5.75 Å². The molecule has 0 unspecified atom stereocenters. The van der Waals surface area contributed by atoms with E-state index in [1.165, 1.54) is 55.3 Å². The molecule has 7 heteroatoms. The van der Waals surface area contributed by atoms with Crippen molar-refractivity contribution in [3.05, 3.63) is 53.1 Å². The van der Waals surface area contributed by atoms with Gasteiger partial charge in [-0.1, -0.05) is 69.6 Å². The SMILES string of the molecule is CCCCCCCCCCOc1c(OC)cc(/C=C/C(=O)NN2CCN(c3ccc(C)cc3C)CC2)cc1OC. The van der Waals surface area contributed by atoms with Crippen molar-refractivity contribution >= 4 is 17.7 Å². The van der Waals surface area contributed by atoms with Gasteiger partial charge in [0.1, 0.15) is 0 Å². The molecule has 2 aromatic rings. The topological polar surface area (TPSA) is 63.3 Å². The third kappa shape index (κ3) is 9.77. The molecule has 2 aromatic carbocycles. The number of unbranched alkanes of at least 4 members (excludes halogenated alkanes) is 7. The van der Waals surface area contributed by atoms with E-state index in [0.29, 0.717) is 23.9 Å². The second-order valence-corrected chi connectivity index (χ2v) is 10.7. The Hall–Kier alpha value is -3.19. The van der Waals surface area contributed by atoms with Crippen LogP contribution in [0.25, 0.3) is 6.08 Å². The van der Waals surface area contributed by atoms with Gasteiger partial charge < -0.3 is 19.1 Å². The summed E-state index contributed by atoms with van der Waals surface area (Å²) in [6.45, 7) is 10.4. The zero-order valence-corrected chi connectivity index (χ0v) is 25.3. The molecule has 1 aliphatic heterocycles. The van der Waals surface area contributed by atoms with Crippen molar-refractivity contribution < 1.29 is 19.0 Å². The number of ether oxygens (including phenoxy) is 3. The van der Waals surface area contributed by atoms with Crippen LogP contribution in [0.2, 0.25) is 0 Å². The third-order valence-electron chi connectivity index (χ3n) is 7.40. The number of piperazine rings is 1. The molecule has 7 nitrogen and oxygen atoms in total. The van der Waals surface area contributed by atoms with Gasteiger partial charge in [0.05, 0.1) is 20.8 Å². The van der Waals surface area contributed by atoms with Gasteiger partial charge in [-0.2, -0.15) is 0 Å². The van der Waals surface area contributed by atoms with Crippen LogP contribution in [0, 0.1) is 13.8 Å². The normalized spacial score (nSPS) is 14.0. The summed E-state index contributed by atoms with van der Waals surface area (Å²) in [4.78, 5) is 15.0. The number of anilines is 1. The summed E-state index contributed by atoms with van der Waals surface area (Å²) >= 11 is 0. The molecule has 0 radical (unpaired) electrons. The molecule has 3 rings (SSSR count). The van der Waals surface area contributed by atoms with Gasteiger partial charge in [0.15, 0.2) is 11.5 Å². The zero-order valence-electron chi connectivity index (χ0n) is 25.3. The highest BCUT2D eigenvalue weighted by molar-refractivity contribution is 5.91. The fourth-order valence-corrected chi connectivity index (χ4v) is 5.13. The molecule has 0 aliphatic carbocycles. The number of nitrogens with zero attached hydrogens (tertiary/aromatic N) is 2. The van der Waals surface area contributed by atoms with Crippen molar-refractivity contribution in [1.82, 2.24) is 10.4 Å². The number of hydrogen-bond acceptors (Lipinski definition) is 6. The first-order chi connectivity index (χ1) is 19.4.